The molecule has 0 radical (unpaired) electrons. The van der Waals surface area contributed by atoms with Gasteiger partial charge in [0.25, 0.3) is 0 Å². The summed E-state index contributed by atoms with van der Waals surface area (Å²) in [5.74, 6) is 0.785. The van der Waals surface area contributed by atoms with E-state index >= 15 is 0 Å². The highest BCUT2D eigenvalue weighted by Gasteiger charge is 2.29. The van der Waals surface area contributed by atoms with E-state index in [0.717, 1.165) is 31.7 Å². The Hall–Kier alpha value is -0.160. The fourth-order valence-electron chi connectivity index (χ4n) is 3.28. The van der Waals surface area contributed by atoms with Crippen molar-refractivity contribution in [1.29, 1.82) is 0 Å². The molecule has 1 heterocycles. The van der Waals surface area contributed by atoms with Crippen molar-refractivity contribution in [2.24, 2.45) is 5.92 Å². The lowest BCUT2D eigenvalue weighted by atomic mass is 9.89. The summed E-state index contributed by atoms with van der Waals surface area (Å²) in [5.41, 5.74) is 0. The molecule has 0 aromatic rings. The van der Waals surface area contributed by atoms with Crippen molar-refractivity contribution in [1.82, 2.24) is 15.1 Å². The predicted octanol–water partition coefficient (Wildman–Crippen LogP) is 1.81. The largest absolute Gasteiger partial charge is 0.377 e. The van der Waals surface area contributed by atoms with E-state index in [1.54, 1.807) is 0 Å². The van der Waals surface area contributed by atoms with Crippen LogP contribution in [0.2, 0.25) is 0 Å². The Kier molecular flexibility index (Phi) is 7.44. The van der Waals surface area contributed by atoms with Gasteiger partial charge in [-0.2, -0.15) is 0 Å². The van der Waals surface area contributed by atoms with Crippen molar-refractivity contribution in [2.45, 2.75) is 52.2 Å². The van der Waals surface area contributed by atoms with Crippen molar-refractivity contribution >= 4 is 0 Å². The highest BCUT2D eigenvalue weighted by molar-refractivity contribution is 4.86. The molecule has 0 atom stereocenters. The summed E-state index contributed by atoms with van der Waals surface area (Å²) >= 11 is 0. The van der Waals surface area contributed by atoms with Crippen LogP contribution >= 0.6 is 0 Å². The van der Waals surface area contributed by atoms with E-state index in [1.165, 1.54) is 52.0 Å². The number of nitrogens with zero attached hydrogens (tertiary/aromatic N) is 2. The Balaban J connectivity index is 1.46. The molecular formula is C17H35N3O. The van der Waals surface area contributed by atoms with Crippen LogP contribution in [0, 0.1) is 5.92 Å². The Bertz CT molecular complexity index is 271. The summed E-state index contributed by atoms with van der Waals surface area (Å²) in [5, 5.41) is 3.56. The van der Waals surface area contributed by atoms with Gasteiger partial charge in [-0.3, -0.25) is 4.90 Å². The lowest BCUT2D eigenvalue weighted by Crippen LogP contribution is -2.49. The monoisotopic (exact) mass is 297 g/mol. The topological polar surface area (TPSA) is 27.7 Å². The quantitative estimate of drug-likeness (QED) is 0.702. The van der Waals surface area contributed by atoms with Crippen molar-refractivity contribution in [3.8, 4) is 0 Å². The molecule has 1 aliphatic heterocycles. The van der Waals surface area contributed by atoms with Gasteiger partial charge in [-0.1, -0.05) is 20.8 Å². The molecule has 0 bridgehead atoms. The van der Waals surface area contributed by atoms with Gasteiger partial charge in [0, 0.05) is 45.3 Å². The summed E-state index contributed by atoms with van der Waals surface area (Å²) < 4.78 is 5.99. The fraction of sp³-hybridized carbons (Fsp3) is 1.00. The Labute approximate surface area is 131 Å². The first-order chi connectivity index (χ1) is 10.2. The normalized spacial score (nSPS) is 28.0. The second kappa shape index (κ2) is 9.09. The summed E-state index contributed by atoms with van der Waals surface area (Å²) in [6, 6.07) is 0.717. The molecular weight excluding hydrogens is 262 g/mol. The molecule has 4 nitrogen and oxygen atoms in total. The minimum absolute atomic E-state index is 0.515. The lowest BCUT2D eigenvalue weighted by molar-refractivity contribution is -0.0279. The number of nitrogens with one attached hydrogen (secondary N) is 1. The number of rotatable bonds is 9. The van der Waals surface area contributed by atoms with E-state index in [2.05, 4.69) is 35.9 Å². The molecule has 124 valence electrons. The molecule has 0 amide bonds. The second-order valence-corrected chi connectivity index (χ2v) is 7.15. The fourth-order valence-corrected chi connectivity index (χ4v) is 3.28. The van der Waals surface area contributed by atoms with Crippen LogP contribution in [0.15, 0.2) is 0 Å². The van der Waals surface area contributed by atoms with Crippen LogP contribution in [-0.2, 0) is 4.74 Å². The van der Waals surface area contributed by atoms with E-state index in [4.69, 9.17) is 4.74 Å². The van der Waals surface area contributed by atoms with Crippen LogP contribution < -0.4 is 5.32 Å². The molecule has 1 N–H and O–H groups in total. The van der Waals surface area contributed by atoms with E-state index in [1.807, 2.05) is 0 Å². The van der Waals surface area contributed by atoms with Gasteiger partial charge in [0.15, 0.2) is 0 Å². The first-order valence-corrected chi connectivity index (χ1v) is 8.97. The maximum Gasteiger partial charge on any atom is 0.0605 e. The zero-order valence-electron chi connectivity index (χ0n) is 14.3. The highest BCUT2D eigenvalue weighted by atomic mass is 16.5. The van der Waals surface area contributed by atoms with Gasteiger partial charge in [-0.05, 0) is 31.7 Å². The lowest BCUT2D eigenvalue weighted by Gasteiger charge is -2.38. The van der Waals surface area contributed by atoms with Gasteiger partial charge in [0.1, 0.15) is 0 Å². The third-order valence-corrected chi connectivity index (χ3v) is 4.63. The molecule has 4 heteroatoms. The van der Waals surface area contributed by atoms with E-state index in [-0.39, 0.29) is 0 Å². The standard InChI is InChI=1S/C17H35N3O/c1-4-5-18-16-12-17(13-16)21-11-10-19-6-8-20(9-7-19)14-15(2)3/h15-18H,4-14H2,1-3H3. The van der Waals surface area contributed by atoms with Crippen LogP contribution in [0.3, 0.4) is 0 Å². The highest BCUT2D eigenvalue weighted by Crippen LogP contribution is 2.23. The smallest absolute Gasteiger partial charge is 0.0605 e. The molecule has 1 saturated heterocycles. The maximum atomic E-state index is 5.99. The number of hydrogen-bond donors (Lipinski definition) is 1. The van der Waals surface area contributed by atoms with Gasteiger partial charge in [0.05, 0.1) is 12.7 Å². The molecule has 0 aromatic carbocycles. The van der Waals surface area contributed by atoms with Crippen LogP contribution in [0.4, 0.5) is 0 Å². The van der Waals surface area contributed by atoms with Gasteiger partial charge in [-0.25, -0.2) is 0 Å². The maximum absolute atomic E-state index is 5.99. The molecule has 0 unspecified atom stereocenters. The van der Waals surface area contributed by atoms with Crippen LogP contribution in [0.5, 0.6) is 0 Å². The summed E-state index contributed by atoms with van der Waals surface area (Å²) in [6.07, 6.45) is 4.16. The first kappa shape index (κ1) is 17.2. The molecule has 1 aliphatic carbocycles. The van der Waals surface area contributed by atoms with Gasteiger partial charge < -0.3 is 15.0 Å². The number of piperazine rings is 1. The van der Waals surface area contributed by atoms with Crippen LogP contribution in [-0.4, -0.2) is 74.4 Å². The summed E-state index contributed by atoms with van der Waals surface area (Å²) in [4.78, 5) is 5.15. The Morgan fingerprint density at radius 2 is 1.76 bits per heavy atom. The van der Waals surface area contributed by atoms with Crippen molar-refractivity contribution in [3.05, 3.63) is 0 Å². The predicted molar refractivity (Wildman–Crippen MR) is 88.8 cm³/mol. The van der Waals surface area contributed by atoms with Crippen molar-refractivity contribution in [3.63, 3.8) is 0 Å². The average molecular weight is 297 g/mol. The molecule has 2 aliphatic rings. The van der Waals surface area contributed by atoms with E-state index < -0.39 is 0 Å². The van der Waals surface area contributed by atoms with E-state index in [9.17, 15) is 0 Å². The number of hydrogen-bond acceptors (Lipinski definition) is 4. The third-order valence-electron chi connectivity index (χ3n) is 4.63. The zero-order chi connectivity index (χ0) is 15.1. The SMILES string of the molecule is CCCNC1CC(OCCN2CCN(CC(C)C)CC2)C1. The van der Waals surface area contributed by atoms with Crippen molar-refractivity contribution < 1.29 is 4.74 Å². The van der Waals surface area contributed by atoms with E-state index in [0.29, 0.717) is 6.10 Å². The molecule has 2 rings (SSSR count). The van der Waals surface area contributed by atoms with Gasteiger partial charge in [0.2, 0.25) is 0 Å². The summed E-state index contributed by atoms with van der Waals surface area (Å²) in [6.45, 7) is 16.1. The average Bonchev–Trinajstić information content (AvgIpc) is 2.41. The molecule has 21 heavy (non-hydrogen) atoms. The summed E-state index contributed by atoms with van der Waals surface area (Å²) in [7, 11) is 0. The minimum atomic E-state index is 0.515. The molecule has 1 saturated carbocycles. The molecule has 2 fully saturated rings. The van der Waals surface area contributed by atoms with Crippen molar-refractivity contribution in [2.75, 3.05) is 52.4 Å². The third kappa shape index (κ3) is 6.23. The Morgan fingerprint density at radius 3 is 2.38 bits per heavy atom. The van der Waals surface area contributed by atoms with Crippen LogP contribution in [0.1, 0.15) is 40.0 Å². The molecule has 0 spiro atoms. The van der Waals surface area contributed by atoms with Crippen LogP contribution in [0.25, 0.3) is 0 Å². The zero-order valence-corrected chi connectivity index (χ0v) is 14.3. The Morgan fingerprint density at radius 1 is 1.10 bits per heavy atom. The number of ether oxygens (including phenoxy) is 1. The molecule has 0 aromatic heterocycles. The van der Waals surface area contributed by atoms with Gasteiger partial charge >= 0.3 is 0 Å². The van der Waals surface area contributed by atoms with Gasteiger partial charge in [-0.15, -0.1) is 0 Å². The minimum Gasteiger partial charge on any atom is -0.377 e. The first-order valence-electron chi connectivity index (χ1n) is 8.97. The second-order valence-electron chi connectivity index (χ2n) is 7.15.